The van der Waals surface area contributed by atoms with Crippen LogP contribution in [0, 0.1) is 25.7 Å². The van der Waals surface area contributed by atoms with Gasteiger partial charge in [0.15, 0.2) is 0 Å². The maximum absolute atomic E-state index is 9.83. The Morgan fingerprint density at radius 2 is 1.88 bits per heavy atom. The van der Waals surface area contributed by atoms with Gasteiger partial charge in [0.2, 0.25) is 0 Å². The van der Waals surface area contributed by atoms with Gasteiger partial charge < -0.3 is 10.2 Å². The highest BCUT2D eigenvalue weighted by atomic mass is 16.3. The van der Waals surface area contributed by atoms with Gasteiger partial charge in [0.25, 0.3) is 0 Å². The van der Waals surface area contributed by atoms with E-state index in [1.807, 2.05) is 13.0 Å². The summed E-state index contributed by atoms with van der Waals surface area (Å²) >= 11 is 0. The molecule has 0 radical (unpaired) electrons. The minimum atomic E-state index is 0.0502. The molecule has 0 saturated heterocycles. The number of aliphatic hydroxyl groups is 2. The molecule has 0 saturated carbocycles. The number of fused-ring (bicyclic) bond motifs is 1. The van der Waals surface area contributed by atoms with Crippen LogP contribution in [0.2, 0.25) is 0 Å². The summed E-state index contributed by atoms with van der Waals surface area (Å²) in [7, 11) is 0. The van der Waals surface area contributed by atoms with Gasteiger partial charge >= 0.3 is 0 Å². The van der Waals surface area contributed by atoms with Gasteiger partial charge in [0, 0.05) is 12.2 Å². The van der Waals surface area contributed by atoms with Gasteiger partial charge in [-0.2, -0.15) is 0 Å². The fraction of sp³-hybridized carbons (Fsp3) is 0.417. The molecule has 0 spiro atoms. The lowest BCUT2D eigenvalue weighted by molar-refractivity contribution is 0.176. The number of aryl methyl sites for hydroxylation is 2. The van der Waals surface area contributed by atoms with E-state index in [0.29, 0.717) is 17.4 Å². The molecule has 2 N–H and O–H groups in total. The first-order valence-electron chi connectivity index (χ1n) is 9.44. The lowest BCUT2D eigenvalue weighted by Gasteiger charge is -2.28. The molecule has 0 amide bonds. The SMILES string of the molecule is C=C(O)/C(=C/C)C(=C)/C=C1\CCC(C)C(CO)Cc2cc(C)c(C)cc21. The monoisotopic (exact) mass is 352 g/mol. The second kappa shape index (κ2) is 8.55. The van der Waals surface area contributed by atoms with Crippen molar-refractivity contribution in [1.29, 1.82) is 0 Å². The van der Waals surface area contributed by atoms with Crippen molar-refractivity contribution in [1.82, 2.24) is 0 Å². The summed E-state index contributed by atoms with van der Waals surface area (Å²) in [6.07, 6.45) is 6.79. The molecule has 140 valence electrons. The first-order valence-corrected chi connectivity index (χ1v) is 9.44. The van der Waals surface area contributed by atoms with E-state index in [9.17, 15) is 10.2 Å². The number of rotatable bonds is 4. The standard InChI is InChI=1S/C24H32O2/c1-7-23(19(6)26)18(5)11-20-9-8-15(2)22(14-25)13-21-10-16(3)17(4)12-24(20)21/h7,10-12,15,22,25-26H,5-6,8-9,13-14H2,1-4H3/b20-11+,23-7+. The number of allylic oxidation sites excluding steroid dienone is 4. The Balaban J connectivity index is 2.57. The van der Waals surface area contributed by atoms with E-state index >= 15 is 0 Å². The highest BCUT2D eigenvalue weighted by molar-refractivity contribution is 5.73. The first-order chi connectivity index (χ1) is 12.3. The van der Waals surface area contributed by atoms with Crippen molar-refractivity contribution in [2.75, 3.05) is 6.61 Å². The molecule has 2 unspecified atom stereocenters. The topological polar surface area (TPSA) is 40.5 Å². The summed E-state index contributed by atoms with van der Waals surface area (Å²) in [4.78, 5) is 0. The van der Waals surface area contributed by atoms with Crippen molar-refractivity contribution in [3.63, 3.8) is 0 Å². The fourth-order valence-electron chi connectivity index (χ4n) is 3.80. The van der Waals surface area contributed by atoms with Crippen LogP contribution in [0.25, 0.3) is 5.57 Å². The van der Waals surface area contributed by atoms with Crippen LogP contribution in [0.4, 0.5) is 0 Å². The van der Waals surface area contributed by atoms with Gasteiger partial charge in [-0.25, -0.2) is 0 Å². The Hall–Kier alpha value is -2.06. The minimum Gasteiger partial charge on any atom is -0.508 e. The summed E-state index contributed by atoms with van der Waals surface area (Å²) in [6, 6.07) is 4.53. The normalized spacial score (nSPS) is 22.5. The van der Waals surface area contributed by atoms with Crippen LogP contribution >= 0.6 is 0 Å². The lowest BCUT2D eigenvalue weighted by Crippen LogP contribution is -2.21. The van der Waals surface area contributed by atoms with Gasteiger partial charge in [-0.05, 0) is 85.3 Å². The van der Waals surface area contributed by atoms with Crippen molar-refractivity contribution in [3.05, 3.63) is 76.6 Å². The van der Waals surface area contributed by atoms with E-state index in [1.165, 1.54) is 27.8 Å². The van der Waals surface area contributed by atoms with Crippen molar-refractivity contribution in [2.45, 2.75) is 47.0 Å². The molecule has 1 aliphatic carbocycles. The predicted molar refractivity (Wildman–Crippen MR) is 111 cm³/mol. The van der Waals surface area contributed by atoms with E-state index in [4.69, 9.17) is 0 Å². The molecule has 2 heteroatoms. The summed E-state index contributed by atoms with van der Waals surface area (Å²) in [5.74, 6) is 0.804. The Labute approximate surface area is 158 Å². The van der Waals surface area contributed by atoms with E-state index < -0.39 is 0 Å². The van der Waals surface area contributed by atoms with Crippen LogP contribution in [0.15, 0.2) is 54.3 Å². The lowest BCUT2D eigenvalue weighted by atomic mass is 9.77. The Morgan fingerprint density at radius 1 is 1.23 bits per heavy atom. The van der Waals surface area contributed by atoms with Crippen molar-refractivity contribution >= 4 is 5.57 Å². The van der Waals surface area contributed by atoms with Crippen LogP contribution in [0.5, 0.6) is 0 Å². The van der Waals surface area contributed by atoms with Gasteiger partial charge in [-0.1, -0.05) is 44.4 Å². The molecule has 0 bridgehead atoms. The van der Waals surface area contributed by atoms with E-state index in [2.05, 4.69) is 52.1 Å². The summed E-state index contributed by atoms with van der Waals surface area (Å²) in [6.45, 7) is 16.4. The highest BCUT2D eigenvalue weighted by Crippen LogP contribution is 2.36. The molecule has 1 aromatic rings. The molecule has 2 rings (SSSR count). The van der Waals surface area contributed by atoms with Gasteiger partial charge in [0.05, 0.1) is 0 Å². The quantitative estimate of drug-likeness (QED) is 0.528. The molecule has 0 fully saturated rings. The molecular formula is C24H32O2. The molecule has 26 heavy (non-hydrogen) atoms. The largest absolute Gasteiger partial charge is 0.508 e. The number of hydrogen-bond donors (Lipinski definition) is 2. The fourth-order valence-corrected chi connectivity index (χ4v) is 3.80. The molecule has 1 aliphatic rings. The van der Waals surface area contributed by atoms with Crippen molar-refractivity contribution in [2.24, 2.45) is 11.8 Å². The minimum absolute atomic E-state index is 0.0502. The molecule has 2 nitrogen and oxygen atoms in total. The molecule has 0 aromatic heterocycles. The van der Waals surface area contributed by atoms with Gasteiger partial charge in [-0.15, -0.1) is 0 Å². The third-order valence-electron chi connectivity index (χ3n) is 5.75. The third-order valence-corrected chi connectivity index (χ3v) is 5.75. The summed E-state index contributed by atoms with van der Waals surface area (Å²) in [5, 5.41) is 19.6. The molecular weight excluding hydrogens is 320 g/mol. The molecule has 1 aromatic carbocycles. The molecule has 0 heterocycles. The third kappa shape index (κ3) is 4.37. The second-order valence-electron chi connectivity index (χ2n) is 7.60. The second-order valence-corrected chi connectivity index (χ2v) is 7.60. The van der Waals surface area contributed by atoms with Crippen LogP contribution < -0.4 is 0 Å². The molecule has 2 atom stereocenters. The van der Waals surface area contributed by atoms with E-state index in [0.717, 1.165) is 24.8 Å². The predicted octanol–water partition coefficient (Wildman–Crippen LogP) is 5.84. The van der Waals surface area contributed by atoms with Crippen LogP contribution in [-0.4, -0.2) is 16.8 Å². The van der Waals surface area contributed by atoms with E-state index in [-0.39, 0.29) is 12.4 Å². The Kier molecular flexibility index (Phi) is 6.66. The van der Waals surface area contributed by atoms with Crippen molar-refractivity contribution < 1.29 is 10.2 Å². The number of benzene rings is 1. The van der Waals surface area contributed by atoms with Gasteiger partial charge in [0.1, 0.15) is 5.76 Å². The van der Waals surface area contributed by atoms with E-state index in [1.54, 1.807) is 0 Å². The average Bonchev–Trinajstić information content (AvgIpc) is 2.58. The Bertz CT molecular complexity index is 765. The maximum Gasteiger partial charge on any atom is 0.115 e. The number of hydrogen-bond acceptors (Lipinski definition) is 2. The number of aliphatic hydroxyl groups excluding tert-OH is 2. The summed E-state index contributed by atoms with van der Waals surface area (Å²) in [5.41, 5.74) is 7.81. The first kappa shape index (κ1) is 20.3. The highest BCUT2D eigenvalue weighted by Gasteiger charge is 2.24. The van der Waals surface area contributed by atoms with Crippen LogP contribution in [0.1, 0.15) is 48.9 Å². The van der Waals surface area contributed by atoms with Crippen LogP contribution in [-0.2, 0) is 6.42 Å². The zero-order valence-electron chi connectivity index (χ0n) is 16.6. The average molecular weight is 353 g/mol. The zero-order valence-corrected chi connectivity index (χ0v) is 16.6. The van der Waals surface area contributed by atoms with Crippen LogP contribution in [0.3, 0.4) is 0 Å². The maximum atomic E-state index is 9.83. The van der Waals surface area contributed by atoms with Gasteiger partial charge in [-0.3, -0.25) is 0 Å². The van der Waals surface area contributed by atoms with Crippen molar-refractivity contribution in [3.8, 4) is 0 Å². The smallest absolute Gasteiger partial charge is 0.115 e. The Morgan fingerprint density at radius 3 is 2.46 bits per heavy atom. The molecule has 0 aliphatic heterocycles. The summed E-state index contributed by atoms with van der Waals surface area (Å²) < 4.78 is 0. The zero-order chi connectivity index (χ0) is 19.4.